The molecule has 2 unspecified atom stereocenters. The Morgan fingerprint density at radius 1 is 1.53 bits per heavy atom. The van der Waals surface area contributed by atoms with Crippen LogP contribution in [0.2, 0.25) is 0 Å². The molecular formula is C14H24N2S. The molecule has 0 saturated heterocycles. The van der Waals surface area contributed by atoms with Crippen molar-refractivity contribution in [1.82, 2.24) is 4.90 Å². The predicted molar refractivity (Wildman–Crippen MR) is 75.3 cm³/mol. The van der Waals surface area contributed by atoms with Crippen molar-refractivity contribution in [3.63, 3.8) is 0 Å². The lowest BCUT2D eigenvalue weighted by atomic mass is 10.1. The van der Waals surface area contributed by atoms with E-state index in [0.29, 0.717) is 6.04 Å². The SMILES string of the molecule is CCCN(CC1CC1)C(c1cccs1)C(C)N. The first kappa shape index (κ1) is 13.1. The van der Waals surface area contributed by atoms with Gasteiger partial charge in [0.15, 0.2) is 0 Å². The van der Waals surface area contributed by atoms with Crippen molar-refractivity contribution in [3.8, 4) is 0 Å². The van der Waals surface area contributed by atoms with Crippen molar-refractivity contribution >= 4 is 11.3 Å². The van der Waals surface area contributed by atoms with Crippen LogP contribution in [0.25, 0.3) is 0 Å². The fourth-order valence-corrected chi connectivity index (χ4v) is 3.47. The summed E-state index contributed by atoms with van der Waals surface area (Å²) in [5, 5.41) is 2.16. The van der Waals surface area contributed by atoms with Gasteiger partial charge in [-0.3, -0.25) is 4.90 Å². The van der Waals surface area contributed by atoms with Crippen molar-refractivity contribution in [2.75, 3.05) is 13.1 Å². The van der Waals surface area contributed by atoms with Crippen LogP contribution in [-0.2, 0) is 0 Å². The Hall–Kier alpha value is -0.380. The van der Waals surface area contributed by atoms with E-state index in [0.717, 1.165) is 5.92 Å². The molecule has 2 nitrogen and oxygen atoms in total. The van der Waals surface area contributed by atoms with Gasteiger partial charge >= 0.3 is 0 Å². The third-order valence-electron chi connectivity index (χ3n) is 3.43. The first-order valence-electron chi connectivity index (χ1n) is 6.75. The molecule has 2 rings (SSSR count). The molecule has 0 amide bonds. The summed E-state index contributed by atoms with van der Waals surface area (Å²) in [7, 11) is 0. The molecule has 17 heavy (non-hydrogen) atoms. The first-order valence-corrected chi connectivity index (χ1v) is 7.63. The highest BCUT2D eigenvalue weighted by Crippen LogP contribution is 2.34. The smallest absolute Gasteiger partial charge is 0.0590 e. The summed E-state index contributed by atoms with van der Waals surface area (Å²) in [6, 6.07) is 4.99. The first-order chi connectivity index (χ1) is 8.22. The van der Waals surface area contributed by atoms with E-state index in [2.05, 4.69) is 36.3 Å². The molecule has 2 atom stereocenters. The molecule has 3 heteroatoms. The Bertz CT molecular complexity index is 317. The number of hydrogen-bond donors (Lipinski definition) is 1. The lowest BCUT2D eigenvalue weighted by Crippen LogP contribution is -2.40. The monoisotopic (exact) mass is 252 g/mol. The second-order valence-electron chi connectivity index (χ2n) is 5.26. The molecular weight excluding hydrogens is 228 g/mol. The Labute approximate surface area is 109 Å². The molecule has 1 aromatic rings. The fraction of sp³-hybridized carbons (Fsp3) is 0.714. The van der Waals surface area contributed by atoms with E-state index in [9.17, 15) is 0 Å². The Morgan fingerprint density at radius 3 is 2.76 bits per heavy atom. The maximum atomic E-state index is 6.22. The van der Waals surface area contributed by atoms with Crippen LogP contribution in [0.4, 0.5) is 0 Å². The number of nitrogens with zero attached hydrogens (tertiary/aromatic N) is 1. The summed E-state index contributed by atoms with van der Waals surface area (Å²) in [6.45, 7) is 6.80. The summed E-state index contributed by atoms with van der Waals surface area (Å²) >= 11 is 1.84. The van der Waals surface area contributed by atoms with E-state index in [4.69, 9.17) is 5.73 Å². The second kappa shape index (κ2) is 5.98. The van der Waals surface area contributed by atoms with Crippen LogP contribution >= 0.6 is 11.3 Å². The molecule has 1 saturated carbocycles. The molecule has 1 fully saturated rings. The van der Waals surface area contributed by atoms with Crippen LogP contribution < -0.4 is 5.73 Å². The van der Waals surface area contributed by atoms with E-state index in [1.54, 1.807) is 0 Å². The van der Waals surface area contributed by atoms with E-state index in [-0.39, 0.29) is 6.04 Å². The highest BCUT2D eigenvalue weighted by molar-refractivity contribution is 7.10. The third-order valence-corrected chi connectivity index (χ3v) is 4.37. The number of thiophene rings is 1. The zero-order chi connectivity index (χ0) is 12.3. The highest BCUT2D eigenvalue weighted by atomic mass is 32.1. The molecule has 96 valence electrons. The molecule has 1 aliphatic carbocycles. The lowest BCUT2D eigenvalue weighted by molar-refractivity contribution is 0.171. The quantitative estimate of drug-likeness (QED) is 0.807. The van der Waals surface area contributed by atoms with Crippen LogP contribution in [0, 0.1) is 5.92 Å². The number of hydrogen-bond acceptors (Lipinski definition) is 3. The maximum Gasteiger partial charge on any atom is 0.0590 e. The van der Waals surface area contributed by atoms with Gasteiger partial charge in [0.25, 0.3) is 0 Å². The van der Waals surface area contributed by atoms with Gasteiger partial charge in [0.2, 0.25) is 0 Å². The van der Waals surface area contributed by atoms with Crippen LogP contribution in [0.1, 0.15) is 44.0 Å². The summed E-state index contributed by atoms with van der Waals surface area (Å²) < 4.78 is 0. The largest absolute Gasteiger partial charge is 0.326 e. The van der Waals surface area contributed by atoms with Gasteiger partial charge in [-0.25, -0.2) is 0 Å². The van der Waals surface area contributed by atoms with Crippen LogP contribution in [0.5, 0.6) is 0 Å². The van der Waals surface area contributed by atoms with Gasteiger partial charge in [-0.1, -0.05) is 13.0 Å². The average Bonchev–Trinajstić information content (AvgIpc) is 2.93. The summed E-state index contributed by atoms with van der Waals surface area (Å²) in [4.78, 5) is 4.03. The zero-order valence-corrected chi connectivity index (χ0v) is 11.7. The van der Waals surface area contributed by atoms with Gasteiger partial charge in [0.1, 0.15) is 0 Å². The summed E-state index contributed by atoms with van der Waals surface area (Å²) in [5.41, 5.74) is 6.22. The minimum absolute atomic E-state index is 0.207. The lowest BCUT2D eigenvalue weighted by Gasteiger charge is -2.33. The van der Waals surface area contributed by atoms with E-state index in [1.807, 2.05) is 11.3 Å². The molecule has 1 aromatic heterocycles. The molecule has 2 N–H and O–H groups in total. The Morgan fingerprint density at radius 2 is 2.29 bits per heavy atom. The van der Waals surface area contributed by atoms with Crippen molar-refractivity contribution in [2.24, 2.45) is 11.7 Å². The Kier molecular flexibility index (Phi) is 4.60. The number of rotatable bonds is 7. The van der Waals surface area contributed by atoms with Gasteiger partial charge in [0.05, 0.1) is 6.04 Å². The predicted octanol–water partition coefficient (Wildman–Crippen LogP) is 3.26. The van der Waals surface area contributed by atoms with Crippen LogP contribution in [0.3, 0.4) is 0 Å². The summed E-state index contributed by atoms with van der Waals surface area (Å²) in [5.74, 6) is 0.933. The normalized spacial score (nSPS) is 19.5. The molecule has 0 radical (unpaired) electrons. The van der Waals surface area contributed by atoms with E-state index >= 15 is 0 Å². The van der Waals surface area contributed by atoms with Gasteiger partial charge in [-0.2, -0.15) is 0 Å². The van der Waals surface area contributed by atoms with E-state index in [1.165, 1.54) is 37.2 Å². The van der Waals surface area contributed by atoms with Gasteiger partial charge in [0, 0.05) is 17.5 Å². The Balaban J connectivity index is 2.10. The molecule has 1 aliphatic rings. The van der Waals surface area contributed by atoms with Crippen molar-refractivity contribution in [2.45, 2.75) is 45.2 Å². The van der Waals surface area contributed by atoms with Crippen LogP contribution in [-0.4, -0.2) is 24.0 Å². The average molecular weight is 252 g/mol. The number of nitrogens with two attached hydrogens (primary N) is 1. The minimum atomic E-state index is 0.207. The molecule has 1 heterocycles. The standard InChI is InChI=1S/C14H24N2S/c1-3-8-16(10-12-6-7-12)14(11(2)15)13-5-4-9-17-13/h4-5,9,11-12,14H,3,6-8,10,15H2,1-2H3. The van der Waals surface area contributed by atoms with Crippen LogP contribution in [0.15, 0.2) is 17.5 Å². The third kappa shape index (κ3) is 3.54. The van der Waals surface area contributed by atoms with Crippen molar-refractivity contribution < 1.29 is 0 Å². The molecule has 0 aliphatic heterocycles. The van der Waals surface area contributed by atoms with Gasteiger partial charge in [-0.05, 0) is 50.1 Å². The fourth-order valence-electron chi connectivity index (χ4n) is 2.49. The maximum absolute atomic E-state index is 6.22. The molecule has 0 bridgehead atoms. The second-order valence-corrected chi connectivity index (χ2v) is 6.24. The molecule has 0 spiro atoms. The van der Waals surface area contributed by atoms with Crippen molar-refractivity contribution in [3.05, 3.63) is 22.4 Å². The zero-order valence-electron chi connectivity index (χ0n) is 10.9. The van der Waals surface area contributed by atoms with Gasteiger partial charge < -0.3 is 5.73 Å². The molecule has 0 aromatic carbocycles. The van der Waals surface area contributed by atoms with Gasteiger partial charge in [-0.15, -0.1) is 11.3 Å². The van der Waals surface area contributed by atoms with Crippen molar-refractivity contribution in [1.29, 1.82) is 0 Å². The van der Waals surface area contributed by atoms with E-state index < -0.39 is 0 Å². The highest BCUT2D eigenvalue weighted by Gasteiger charge is 2.30. The topological polar surface area (TPSA) is 29.3 Å². The summed E-state index contributed by atoms with van der Waals surface area (Å²) in [6.07, 6.45) is 4.04. The minimum Gasteiger partial charge on any atom is -0.326 e.